The van der Waals surface area contributed by atoms with Gasteiger partial charge in [0.1, 0.15) is 17.7 Å². The number of rotatable bonds is 7. The average molecular weight is 498 g/mol. The zero-order chi connectivity index (χ0) is 21.1. The van der Waals surface area contributed by atoms with Gasteiger partial charge in [-0.1, -0.05) is 16.5 Å². The van der Waals surface area contributed by atoms with Crippen molar-refractivity contribution in [3.8, 4) is 16.6 Å². The highest BCUT2D eigenvalue weighted by atomic mass is 79.9. The van der Waals surface area contributed by atoms with Crippen LogP contribution in [-0.2, 0) is 11.2 Å². The fourth-order valence-electron chi connectivity index (χ4n) is 3.00. The van der Waals surface area contributed by atoms with Gasteiger partial charge < -0.3 is 19.3 Å². The summed E-state index contributed by atoms with van der Waals surface area (Å²) in [7, 11) is 0. The lowest BCUT2D eigenvalue weighted by Crippen LogP contribution is -2.38. The lowest BCUT2D eigenvalue weighted by Gasteiger charge is -2.31. The summed E-state index contributed by atoms with van der Waals surface area (Å²) in [5, 5.41) is 22.2. The van der Waals surface area contributed by atoms with Crippen LogP contribution in [0.1, 0.15) is 25.2 Å². The Labute approximate surface area is 183 Å². The van der Waals surface area contributed by atoms with E-state index in [0.29, 0.717) is 16.6 Å². The second-order valence-corrected chi connectivity index (χ2v) is 8.48. The third-order valence-electron chi connectivity index (χ3n) is 4.53. The lowest BCUT2D eigenvalue weighted by atomic mass is 10.1. The summed E-state index contributed by atoms with van der Waals surface area (Å²) in [6.07, 6.45) is 1.61. The van der Waals surface area contributed by atoms with Gasteiger partial charge in [0, 0.05) is 38.4 Å². The van der Waals surface area contributed by atoms with Gasteiger partial charge in [-0.3, -0.25) is 4.79 Å². The van der Waals surface area contributed by atoms with E-state index in [4.69, 9.17) is 14.4 Å². The van der Waals surface area contributed by atoms with Crippen LogP contribution in [0.15, 0.2) is 27.2 Å². The van der Waals surface area contributed by atoms with Crippen LogP contribution in [0.25, 0.3) is 10.8 Å². The number of aliphatic carboxylic acids is 1. The van der Waals surface area contributed by atoms with Crippen molar-refractivity contribution < 1.29 is 23.6 Å². The highest BCUT2D eigenvalue weighted by Crippen LogP contribution is 2.31. The molecule has 0 radical (unpaired) electrons. The molecule has 12 heteroatoms. The number of benzene rings is 1. The Morgan fingerprint density at radius 2 is 2.17 bits per heavy atom. The molecule has 0 aliphatic carbocycles. The number of carbonyl (C=O) groups is 1. The number of carboxylic acid groups (broad SMARTS) is 1. The molecule has 1 saturated heterocycles. The SMILES string of the molecule is O=C(O)CCc1nc(-c2nnc(N3CCC(Oc4cc(F)ccc4Br)CC3)s2)no1. The van der Waals surface area contributed by atoms with E-state index >= 15 is 0 Å². The van der Waals surface area contributed by atoms with Gasteiger partial charge in [-0.25, -0.2) is 4.39 Å². The number of anilines is 1. The standard InChI is InChI=1S/C18H17BrFN5O4S/c19-12-2-1-10(20)9-13(12)28-11-5-7-25(8-6-11)18-23-22-17(30-18)16-21-14(29-24-16)3-4-15(26)27/h1-2,9,11H,3-8H2,(H,26,27). The molecule has 0 atom stereocenters. The highest BCUT2D eigenvalue weighted by molar-refractivity contribution is 9.10. The van der Waals surface area contributed by atoms with Crippen molar-refractivity contribution >= 4 is 38.4 Å². The third kappa shape index (κ3) is 4.93. The van der Waals surface area contributed by atoms with E-state index in [9.17, 15) is 9.18 Å². The van der Waals surface area contributed by atoms with E-state index in [1.165, 1.54) is 23.5 Å². The normalized spacial score (nSPS) is 14.8. The Balaban J connectivity index is 1.34. The Kier molecular flexibility index (Phi) is 6.23. The maximum Gasteiger partial charge on any atom is 0.303 e. The van der Waals surface area contributed by atoms with E-state index in [2.05, 4.69) is 41.2 Å². The first-order valence-electron chi connectivity index (χ1n) is 9.23. The minimum atomic E-state index is -0.926. The first-order valence-corrected chi connectivity index (χ1v) is 10.8. The van der Waals surface area contributed by atoms with Gasteiger partial charge in [0.15, 0.2) is 5.01 Å². The summed E-state index contributed by atoms with van der Waals surface area (Å²) < 4.78 is 25.2. The molecule has 4 rings (SSSR count). The maximum absolute atomic E-state index is 13.4. The Bertz CT molecular complexity index is 1040. The fraction of sp³-hybridized carbons (Fsp3) is 0.389. The van der Waals surface area contributed by atoms with Gasteiger partial charge in [0.25, 0.3) is 0 Å². The van der Waals surface area contributed by atoms with Crippen LogP contribution in [0.3, 0.4) is 0 Å². The first-order chi connectivity index (χ1) is 14.5. The molecule has 1 aliphatic heterocycles. The Hall–Kier alpha value is -2.60. The van der Waals surface area contributed by atoms with E-state index in [1.54, 1.807) is 6.07 Å². The van der Waals surface area contributed by atoms with Crippen LogP contribution in [0.4, 0.5) is 9.52 Å². The number of nitrogens with zero attached hydrogens (tertiary/aromatic N) is 5. The van der Waals surface area contributed by atoms with Crippen molar-refractivity contribution in [1.29, 1.82) is 0 Å². The average Bonchev–Trinajstić information content (AvgIpc) is 3.39. The molecular formula is C18H17BrFN5O4S. The highest BCUT2D eigenvalue weighted by Gasteiger charge is 2.25. The summed E-state index contributed by atoms with van der Waals surface area (Å²) in [4.78, 5) is 16.9. The molecule has 1 N–H and O–H groups in total. The van der Waals surface area contributed by atoms with E-state index < -0.39 is 5.97 Å². The molecule has 1 aliphatic rings. The van der Waals surface area contributed by atoms with Gasteiger partial charge in [-0.05, 0) is 28.1 Å². The number of aromatic nitrogens is 4. The molecule has 1 aromatic carbocycles. The molecule has 3 heterocycles. The molecule has 9 nitrogen and oxygen atoms in total. The number of hydrogen-bond donors (Lipinski definition) is 1. The smallest absolute Gasteiger partial charge is 0.303 e. The lowest BCUT2D eigenvalue weighted by molar-refractivity contribution is -0.137. The van der Waals surface area contributed by atoms with Crippen molar-refractivity contribution in [2.24, 2.45) is 0 Å². The monoisotopic (exact) mass is 497 g/mol. The molecule has 0 spiro atoms. The molecule has 0 saturated carbocycles. The topological polar surface area (TPSA) is 114 Å². The summed E-state index contributed by atoms with van der Waals surface area (Å²) in [5.74, 6) is -0.203. The number of halogens is 2. The van der Waals surface area contributed by atoms with E-state index in [1.807, 2.05) is 0 Å². The largest absolute Gasteiger partial charge is 0.489 e. The second kappa shape index (κ2) is 9.04. The Morgan fingerprint density at radius 1 is 1.37 bits per heavy atom. The summed E-state index contributed by atoms with van der Waals surface area (Å²) >= 11 is 4.73. The molecule has 3 aromatic rings. The van der Waals surface area contributed by atoms with E-state index in [0.717, 1.165) is 35.5 Å². The Morgan fingerprint density at radius 3 is 2.93 bits per heavy atom. The minimum Gasteiger partial charge on any atom is -0.489 e. The summed E-state index contributed by atoms with van der Waals surface area (Å²) in [6, 6.07) is 4.39. The second-order valence-electron chi connectivity index (χ2n) is 6.67. The van der Waals surface area contributed by atoms with Gasteiger partial charge in [0.05, 0.1) is 10.9 Å². The molecule has 0 amide bonds. The summed E-state index contributed by atoms with van der Waals surface area (Å²) in [6.45, 7) is 1.45. The van der Waals surface area contributed by atoms with Gasteiger partial charge in [-0.2, -0.15) is 4.98 Å². The maximum atomic E-state index is 13.4. The van der Waals surface area contributed by atoms with E-state index in [-0.39, 0.29) is 30.7 Å². The number of carboxylic acids is 1. The van der Waals surface area contributed by atoms with Crippen LogP contribution in [0.2, 0.25) is 0 Å². The summed E-state index contributed by atoms with van der Waals surface area (Å²) in [5.41, 5.74) is 0. The third-order valence-corrected chi connectivity index (χ3v) is 6.16. The van der Waals surface area contributed by atoms with Crippen molar-refractivity contribution in [3.05, 3.63) is 34.4 Å². The van der Waals surface area contributed by atoms with Crippen molar-refractivity contribution in [3.63, 3.8) is 0 Å². The molecule has 0 unspecified atom stereocenters. The van der Waals surface area contributed by atoms with Crippen LogP contribution in [0.5, 0.6) is 5.75 Å². The van der Waals surface area contributed by atoms with Crippen molar-refractivity contribution in [2.45, 2.75) is 31.8 Å². The number of hydrogen-bond acceptors (Lipinski definition) is 9. The van der Waals surface area contributed by atoms with Gasteiger partial charge in [-0.15, -0.1) is 10.2 Å². The number of piperidine rings is 1. The molecule has 0 bridgehead atoms. The van der Waals surface area contributed by atoms with Crippen LogP contribution < -0.4 is 9.64 Å². The predicted octanol–water partition coefficient (Wildman–Crippen LogP) is 3.55. The minimum absolute atomic E-state index is 0.0132. The van der Waals surface area contributed by atoms with Crippen LogP contribution in [0, 0.1) is 5.82 Å². The van der Waals surface area contributed by atoms with Gasteiger partial charge >= 0.3 is 5.97 Å². The fourth-order valence-corrected chi connectivity index (χ4v) is 4.16. The molecular weight excluding hydrogens is 481 g/mol. The quantitative estimate of drug-likeness (QED) is 0.522. The molecule has 2 aromatic heterocycles. The van der Waals surface area contributed by atoms with Crippen molar-refractivity contribution in [2.75, 3.05) is 18.0 Å². The molecule has 158 valence electrons. The predicted molar refractivity (Wildman–Crippen MR) is 109 cm³/mol. The number of ether oxygens (including phenoxy) is 1. The van der Waals surface area contributed by atoms with Crippen molar-refractivity contribution in [1.82, 2.24) is 20.3 Å². The molecule has 30 heavy (non-hydrogen) atoms. The first kappa shape index (κ1) is 20.7. The number of aryl methyl sites for hydroxylation is 1. The zero-order valence-electron chi connectivity index (χ0n) is 15.6. The van der Waals surface area contributed by atoms with Crippen LogP contribution in [-0.4, -0.2) is 50.6 Å². The zero-order valence-corrected chi connectivity index (χ0v) is 18.0. The molecule has 1 fully saturated rings. The van der Waals surface area contributed by atoms with Gasteiger partial charge in [0.2, 0.25) is 16.8 Å². The van der Waals surface area contributed by atoms with Crippen LogP contribution >= 0.6 is 27.3 Å².